The number of ether oxygens (including phenoxy) is 2. The number of hydrogen-bond donors (Lipinski definition) is 0. The molecule has 0 aromatic carbocycles. The van der Waals surface area contributed by atoms with Crippen LogP contribution in [-0.2, 0) is 13.8 Å². The highest BCUT2D eigenvalue weighted by molar-refractivity contribution is 4.44. The lowest BCUT2D eigenvalue weighted by atomic mass is 10.6. The smallest absolute Gasteiger partial charge is 0.337 e. The van der Waals surface area contributed by atoms with Gasteiger partial charge in [-0.25, -0.2) is 0 Å². The predicted molar refractivity (Wildman–Crippen MR) is 21.6 cm³/mol. The highest BCUT2D eigenvalue weighted by Gasteiger charge is 2.31. The number of halogens is 1. The van der Waals surface area contributed by atoms with E-state index < -0.39 is 16.5 Å². The zero-order chi connectivity index (χ0) is 8.32. The second-order valence-corrected chi connectivity index (χ2v) is 2.78. The summed E-state index contributed by atoms with van der Waals surface area (Å²) in [6.07, 6.45) is -1.09. The van der Waals surface area contributed by atoms with Gasteiger partial charge in [0.15, 0.2) is 0 Å². The topological polar surface area (TPSA) is 96.9 Å². The van der Waals surface area contributed by atoms with Crippen LogP contribution in [0.5, 0.6) is 0 Å². The lowest BCUT2D eigenvalue weighted by molar-refractivity contribution is -1.92. The van der Waals surface area contributed by atoms with Crippen molar-refractivity contribution in [3.63, 3.8) is 0 Å². The van der Waals surface area contributed by atoms with Gasteiger partial charge in [-0.05, 0) is 0 Å². The summed E-state index contributed by atoms with van der Waals surface area (Å²) in [5.74, 6) is 0. The Morgan fingerprint density at radius 1 is 1.27 bits per heavy atom. The summed E-state index contributed by atoms with van der Waals surface area (Å²) in [6, 6.07) is 0. The molecular weight excluding hydrogens is 179 g/mol. The Morgan fingerprint density at radius 3 is 2.45 bits per heavy atom. The van der Waals surface area contributed by atoms with Crippen LogP contribution < -0.4 is 14.0 Å². The van der Waals surface area contributed by atoms with Crippen LogP contribution >= 0.6 is 0 Å². The van der Waals surface area contributed by atoms with Crippen LogP contribution in [0.3, 0.4) is 0 Å². The van der Waals surface area contributed by atoms with Crippen LogP contribution in [-0.4, -0.2) is 26.1 Å². The van der Waals surface area contributed by atoms with Gasteiger partial charge in [0.1, 0.15) is 10.9 Å². The summed E-state index contributed by atoms with van der Waals surface area (Å²) in [6.45, 7) is 0.583. The lowest BCUT2D eigenvalue weighted by Gasteiger charge is -2.21. The molecule has 6 nitrogen and oxygen atoms in total. The van der Waals surface area contributed by atoms with Crippen molar-refractivity contribution in [2.45, 2.75) is 6.29 Å². The van der Waals surface area contributed by atoms with Gasteiger partial charge in [-0.15, -0.1) is 0 Å². The predicted octanol–water partition coefficient (Wildman–Crippen LogP) is -3.73. The molecule has 1 rings (SSSR count). The minimum absolute atomic E-state index is 0.0333. The van der Waals surface area contributed by atoms with E-state index >= 15 is 0 Å². The molecule has 0 N–H and O–H groups in total. The molecule has 1 heterocycles. The minimum Gasteiger partial charge on any atom is -0.373 e. The zero-order valence-corrected chi connectivity index (χ0v) is 6.28. The van der Waals surface area contributed by atoms with E-state index in [0.717, 1.165) is 0 Å². The van der Waals surface area contributed by atoms with Gasteiger partial charge in [0.05, 0.1) is 23.5 Å². The quantitative estimate of drug-likeness (QED) is 0.440. The van der Waals surface area contributed by atoms with E-state index in [1.165, 1.54) is 0 Å². The molecule has 1 aliphatic rings. The summed E-state index contributed by atoms with van der Waals surface area (Å²) in [4.78, 5) is 0. The average molecular weight is 187 g/mol. The van der Waals surface area contributed by atoms with Crippen molar-refractivity contribution >= 4 is 0 Å². The first-order chi connectivity index (χ1) is 5.08. The number of rotatable bonds is 2. The molecular formula is C4H7ClO6. The summed E-state index contributed by atoms with van der Waals surface area (Å²) >= 11 is 0. The molecule has 1 fully saturated rings. The maximum absolute atomic E-state index is 9.96. The SMILES string of the molecule is [O-][Cl+3]([O-])([O-])OC1COCCO1. The first kappa shape index (κ1) is 9.14. The van der Waals surface area contributed by atoms with Crippen LogP contribution in [0, 0.1) is 10.2 Å². The Bertz CT molecular complexity index is 116. The van der Waals surface area contributed by atoms with E-state index in [-0.39, 0.29) is 13.2 Å². The third kappa shape index (κ3) is 3.82. The van der Waals surface area contributed by atoms with Crippen molar-refractivity contribution < 1.29 is 38.0 Å². The van der Waals surface area contributed by atoms with Gasteiger partial charge in [0.25, 0.3) is 0 Å². The monoisotopic (exact) mass is 186 g/mol. The Kier molecular flexibility index (Phi) is 3.02. The maximum Gasteiger partial charge on any atom is 0.337 e. The van der Waals surface area contributed by atoms with Gasteiger partial charge in [0, 0.05) is 0 Å². The third-order valence-corrected chi connectivity index (χ3v) is 1.41. The molecule has 0 aromatic rings. The summed E-state index contributed by atoms with van der Waals surface area (Å²) in [7, 11) is -4.42. The molecule has 0 radical (unpaired) electrons. The van der Waals surface area contributed by atoms with Gasteiger partial charge in [-0.2, -0.15) is 14.0 Å². The normalized spacial score (nSPS) is 27.0. The Balaban J connectivity index is 2.24. The van der Waals surface area contributed by atoms with E-state index in [1.807, 2.05) is 0 Å². The highest BCUT2D eigenvalue weighted by atomic mass is 35.7. The van der Waals surface area contributed by atoms with E-state index in [0.29, 0.717) is 6.61 Å². The maximum atomic E-state index is 9.96. The van der Waals surface area contributed by atoms with Gasteiger partial charge in [0.2, 0.25) is 0 Å². The van der Waals surface area contributed by atoms with E-state index in [1.54, 1.807) is 0 Å². The van der Waals surface area contributed by atoms with Crippen LogP contribution in [0.15, 0.2) is 0 Å². The van der Waals surface area contributed by atoms with Crippen LogP contribution in [0.4, 0.5) is 0 Å². The summed E-state index contributed by atoms with van der Waals surface area (Å²) in [5, 5.41) is 0. The summed E-state index contributed by atoms with van der Waals surface area (Å²) < 4.78 is 43.3. The Morgan fingerprint density at radius 2 is 2.00 bits per heavy atom. The van der Waals surface area contributed by atoms with E-state index in [4.69, 9.17) is 9.47 Å². The van der Waals surface area contributed by atoms with Gasteiger partial charge in [-0.3, -0.25) is 0 Å². The Hall–Kier alpha value is 0.0500. The van der Waals surface area contributed by atoms with Gasteiger partial charge in [-0.1, -0.05) is 0 Å². The standard InChI is InChI=1S/C4H7ClO6/c6-5(7,8)11-4-3-9-1-2-10-4/h4H,1-3H2. The highest BCUT2D eigenvalue weighted by Crippen LogP contribution is 2.05. The molecule has 1 saturated heterocycles. The molecule has 1 unspecified atom stereocenters. The fraction of sp³-hybridized carbons (Fsp3) is 1.00. The molecule has 0 aromatic heterocycles. The van der Waals surface area contributed by atoms with E-state index in [2.05, 4.69) is 4.29 Å². The first-order valence-corrected chi connectivity index (χ1v) is 4.10. The van der Waals surface area contributed by atoms with Crippen molar-refractivity contribution in [1.82, 2.24) is 0 Å². The van der Waals surface area contributed by atoms with Crippen LogP contribution in [0.2, 0.25) is 0 Å². The second kappa shape index (κ2) is 3.63. The van der Waals surface area contributed by atoms with Crippen molar-refractivity contribution in [2.75, 3.05) is 19.8 Å². The molecule has 0 saturated carbocycles. The molecule has 0 aliphatic carbocycles. The molecule has 11 heavy (non-hydrogen) atoms. The van der Waals surface area contributed by atoms with Crippen molar-refractivity contribution in [2.24, 2.45) is 0 Å². The zero-order valence-electron chi connectivity index (χ0n) is 5.53. The second-order valence-electron chi connectivity index (χ2n) is 1.84. The molecule has 1 aliphatic heterocycles. The fourth-order valence-corrected chi connectivity index (χ4v) is 0.986. The number of hydrogen-bond acceptors (Lipinski definition) is 6. The van der Waals surface area contributed by atoms with Gasteiger partial charge < -0.3 is 9.47 Å². The first-order valence-electron chi connectivity index (χ1n) is 2.86. The van der Waals surface area contributed by atoms with Crippen LogP contribution in [0.1, 0.15) is 0 Å². The lowest BCUT2D eigenvalue weighted by Crippen LogP contribution is -2.63. The van der Waals surface area contributed by atoms with Crippen LogP contribution in [0.25, 0.3) is 0 Å². The molecule has 0 amide bonds. The van der Waals surface area contributed by atoms with Crippen molar-refractivity contribution in [1.29, 1.82) is 0 Å². The van der Waals surface area contributed by atoms with E-state index in [9.17, 15) is 14.0 Å². The van der Waals surface area contributed by atoms with Crippen molar-refractivity contribution in [3.05, 3.63) is 0 Å². The summed E-state index contributed by atoms with van der Waals surface area (Å²) in [5.41, 5.74) is 0. The molecule has 1 atom stereocenters. The average Bonchev–Trinajstić information content (AvgIpc) is 1.85. The van der Waals surface area contributed by atoms with Crippen molar-refractivity contribution in [3.8, 4) is 0 Å². The molecule has 0 bridgehead atoms. The molecule has 0 spiro atoms. The van der Waals surface area contributed by atoms with Gasteiger partial charge >= 0.3 is 6.29 Å². The minimum atomic E-state index is -4.42. The largest absolute Gasteiger partial charge is 0.373 e. The third-order valence-electron chi connectivity index (χ3n) is 0.994. The molecule has 7 heteroatoms. The molecule has 66 valence electrons. The Labute approximate surface area is 65.0 Å². The fourth-order valence-electron chi connectivity index (χ4n) is 0.639.